The molecule has 3 rings (SSSR count). The van der Waals surface area contributed by atoms with E-state index in [4.69, 9.17) is 16.0 Å². The molecule has 0 unspecified atom stereocenters. The van der Waals surface area contributed by atoms with Crippen LogP contribution in [0.25, 0.3) is 0 Å². The van der Waals surface area contributed by atoms with Crippen molar-refractivity contribution in [2.75, 3.05) is 0 Å². The molecule has 194 valence electrons. The van der Waals surface area contributed by atoms with Crippen LogP contribution in [0.5, 0.6) is 0 Å². The third-order valence-corrected chi connectivity index (χ3v) is 13.3. The standard InChI is InChI=1S/C28H36ClNO4SSi/c1-21(34-36(5,6)27(2,3)4)26(30-35(32,33)25-19-17-24(29)18-20-25)28(31,22-13-9-7-10-14-22)23-15-11-8-12-16-23/h7-21,26,30-31H,1-6H3/t21-,26+/m1/s1. The van der Waals surface area contributed by atoms with Crippen LogP contribution in [-0.4, -0.2) is 34.0 Å². The molecular weight excluding hydrogens is 510 g/mol. The molecule has 5 nitrogen and oxygen atoms in total. The number of halogens is 1. The maximum Gasteiger partial charge on any atom is 0.241 e. The minimum atomic E-state index is -4.04. The van der Waals surface area contributed by atoms with Gasteiger partial charge in [0.15, 0.2) is 8.32 Å². The number of nitrogens with one attached hydrogen (secondary N) is 1. The molecule has 0 saturated heterocycles. The lowest BCUT2D eigenvalue weighted by molar-refractivity contribution is -0.00269. The summed E-state index contributed by atoms with van der Waals surface area (Å²) in [5.41, 5.74) is -0.597. The van der Waals surface area contributed by atoms with Crippen molar-refractivity contribution in [1.82, 2.24) is 4.72 Å². The second-order valence-corrected chi connectivity index (χ2v) is 17.5. The summed E-state index contributed by atoms with van der Waals surface area (Å²) >= 11 is 6.00. The summed E-state index contributed by atoms with van der Waals surface area (Å²) in [5, 5.41) is 12.8. The zero-order valence-electron chi connectivity index (χ0n) is 21.7. The number of aliphatic hydroxyl groups is 1. The van der Waals surface area contributed by atoms with Crippen molar-refractivity contribution in [2.24, 2.45) is 0 Å². The van der Waals surface area contributed by atoms with Crippen LogP contribution >= 0.6 is 11.6 Å². The summed E-state index contributed by atoms with van der Waals surface area (Å²) in [6.45, 7) is 12.4. The summed E-state index contributed by atoms with van der Waals surface area (Å²) in [4.78, 5) is 0.0555. The summed E-state index contributed by atoms with van der Waals surface area (Å²) in [7, 11) is -6.38. The Labute approximate surface area is 221 Å². The van der Waals surface area contributed by atoms with Crippen molar-refractivity contribution < 1.29 is 18.0 Å². The van der Waals surface area contributed by atoms with E-state index in [1.165, 1.54) is 24.3 Å². The molecule has 0 fully saturated rings. The second kappa shape index (κ2) is 10.8. The van der Waals surface area contributed by atoms with Crippen LogP contribution in [0.2, 0.25) is 23.2 Å². The molecule has 0 radical (unpaired) electrons. The summed E-state index contributed by atoms with van der Waals surface area (Å²) < 4.78 is 36.7. The SMILES string of the molecule is C[C@@H](O[Si](C)(C)C(C)(C)C)[C@H](NS(=O)(=O)c1ccc(Cl)cc1)C(O)(c1ccccc1)c1ccccc1. The fourth-order valence-corrected chi connectivity index (χ4v) is 6.86. The molecule has 0 aliphatic heterocycles. The zero-order valence-corrected chi connectivity index (χ0v) is 24.3. The number of rotatable bonds is 9. The van der Waals surface area contributed by atoms with E-state index >= 15 is 0 Å². The average Bonchev–Trinajstić information content (AvgIpc) is 2.82. The van der Waals surface area contributed by atoms with Crippen LogP contribution < -0.4 is 4.72 Å². The highest BCUT2D eigenvalue weighted by molar-refractivity contribution is 7.89. The van der Waals surface area contributed by atoms with Gasteiger partial charge in [-0.15, -0.1) is 0 Å². The van der Waals surface area contributed by atoms with Gasteiger partial charge >= 0.3 is 0 Å². The molecule has 0 amide bonds. The van der Waals surface area contributed by atoms with E-state index in [1.807, 2.05) is 43.3 Å². The molecule has 3 aromatic carbocycles. The van der Waals surface area contributed by atoms with Crippen LogP contribution in [-0.2, 0) is 20.1 Å². The van der Waals surface area contributed by atoms with E-state index in [1.54, 1.807) is 24.3 Å². The first-order chi connectivity index (χ1) is 16.7. The van der Waals surface area contributed by atoms with E-state index < -0.39 is 36.1 Å². The van der Waals surface area contributed by atoms with Crippen molar-refractivity contribution in [3.63, 3.8) is 0 Å². The summed E-state index contributed by atoms with van der Waals surface area (Å²) in [6.07, 6.45) is -0.668. The van der Waals surface area contributed by atoms with Gasteiger partial charge in [0.05, 0.1) is 17.0 Å². The van der Waals surface area contributed by atoms with Gasteiger partial charge in [0.2, 0.25) is 10.0 Å². The summed E-state index contributed by atoms with van der Waals surface area (Å²) in [5.74, 6) is 0. The predicted octanol–water partition coefficient (Wildman–Crippen LogP) is 6.33. The second-order valence-electron chi connectivity index (χ2n) is 10.6. The van der Waals surface area contributed by atoms with E-state index in [9.17, 15) is 13.5 Å². The van der Waals surface area contributed by atoms with Gasteiger partial charge in [-0.1, -0.05) is 93.0 Å². The number of sulfonamides is 1. The van der Waals surface area contributed by atoms with Gasteiger partial charge in [-0.2, -0.15) is 0 Å². The van der Waals surface area contributed by atoms with E-state index in [0.29, 0.717) is 16.1 Å². The molecule has 0 spiro atoms. The van der Waals surface area contributed by atoms with Gasteiger partial charge < -0.3 is 9.53 Å². The lowest BCUT2D eigenvalue weighted by atomic mass is 9.78. The highest BCUT2D eigenvalue weighted by Crippen LogP contribution is 2.41. The predicted molar refractivity (Wildman–Crippen MR) is 149 cm³/mol. The van der Waals surface area contributed by atoms with Crippen molar-refractivity contribution >= 4 is 29.9 Å². The largest absolute Gasteiger partial charge is 0.412 e. The first kappa shape index (κ1) is 28.6. The maximum absolute atomic E-state index is 13.6. The molecule has 8 heteroatoms. The van der Waals surface area contributed by atoms with Crippen LogP contribution in [0, 0.1) is 0 Å². The zero-order chi connectivity index (χ0) is 26.8. The third kappa shape index (κ3) is 6.10. The van der Waals surface area contributed by atoms with Gasteiger partial charge in [0, 0.05) is 5.02 Å². The van der Waals surface area contributed by atoms with Crippen LogP contribution in [0.3, 0.4) is 0 Å². The highest BCUT2D eigenvalue weighted by Gasteiger charge is 2.48. The molecule has 2 N–H and O–H groups in total. The Morgan fingerprint density at radius 3 is 1.72 bits per heavy atom. The van der Waals surface area contributed by atoms with Crippen molar-refractivity contribution in [3.8, 4) is 0 Å². The highest BCUT2D eigenvalue weighted by atomic mass is 35.5. The van der Waals surface area contributed by atoms with Gasteiger partial charge in [-0.05, 0) is 60.4 Å². The molecule has 3 aromatic rings. The molecule has 0 heterocycles. The van der Waals surface area contributed by atoms with Crippen LogP contribution in [0.15, 0.2) is 89.8 Å². The first-order valence-electron chi connectivity index (χ1n) is 12.0. The minimum Gasteiger partial charge on any atom is -0.412 e. The molecule has 0 bridgehead atoms. The third-order valence-electron chi connectivity index (χ3n) is 7.04. The molecule has 0 saturated carbocycles. The molecule has 2 atom stereocenters. The molecule has 0 aliphatic carbocycles. The average molecular weight is 546 g/mol. The molecular formula is C28H36ClNO4SSi. The lowest BCUT2D eigenvalue weighted by Crippen LogP contribution is -2.59. The van der Waals surface area contributed by atoms with E-state index in [2.05, 4.69) is 38.6 Å². The van der Waals surface area contributed by atoms with Gasteiger partial charge in [-0.25, -0.2) is 13.1 Å². The number of hydrogen-bond donors (Lipinski definition) is 2. The van der Waals surface area contributed by atoms with E-state index in [-0.39, 0.29) is 9.93 Å². The minimum absolute atomic E-state index is 0.0555. The topological polar surface area (TPSA) is 75.6 Å². The molecule has 36 heavy (non-hydrogen) atoms. The Kier molecular flexibility index (Phi) is 8.55. The fraction of sp³-hybridized carbons (Fsp3) is 0.357. The number of hydrogen-bond acceptors (Lipinski definition) is 4. The first-order valence-corrected chi connectivity index (χ1v) is 16.7. The Balaban J connectivity index is 2.20. The summed E-state index contributed by atoms with van der Waals surface area (Å²) in [6, 6.07) is 23.1. The van der Waals surface area contributed by atoms with Crippen molar-refractivity contribution in [2.45, 2.75) is 68.5 Å². The van der Waals surface area contributed by atoms with Gasteiger partial charge in [-0.3, -0.25) is 0 Å². The Bertz CT molecular complexity index is 1200. The fourth-order valence-electron chi connectivity index (χ4n) is 3.99. The maximum atomic E-state index is 13.6. The van der Waals surface area contributed by atoms with Crippen LogP contribution in [0.1, 0.15) is 38.8 Å². The monoisotopic (exact) mass is 545 g/mol. The number of benzene rings is 3. The molecule has 0 aliphatic rings. The van der Waals surface area contributed by atoms with Gasteiger partial charge in [0.1, 0.15) is 5.60 Å². The quantitative estimate of drug-likeness (QED) is 0.308. The Hall–Kier alpha value is -2.00. The Morgan fingerprint density at radius 1 is 0.861 bits per heavy atom. The van der Waals surface area contributed by atoms with Crippen LogP contribution in [0.4, 0.5) is 0 Å². The van der Waals surface area contributed by atoms with Crippen molar-refractivity contribution in [1.29, 1.82) is 0 Å². The van der Waals surface area contributed by atoms with E-state index in [0.717, 1.165) is 0 Å². The molecule has 0 aromatic heterocycles. The Morgan fingerprint density at radius 2 is 1.31 bits per heavy atom. The normalized spacial score (nSPS) is 14.9. The smallest absolute Gasteiger partial charge is 0.241 e. The van der Waals surface area contributed by atoms with Crippen molar-refractivity contribution in [3.05, 3.63) is 101 Å². The lowest BCUT2D eigenvalue weighted by Gasteiger charge is -2.45. The van der Waals surface area contributed by atoms with Gasteiger partial charge in [0.25, 0.3) is 0 Å².